The van der Waals surface area contributed by atoms with Gasteiger partial charge < -0.3 is 10.1 Å². The first kappa shape index (κ1) is 19.7. The summed E-state index contributed by atoms with van der Waals surface area (Å²) in [5.74, 6) is -0.333. The molecule has 0 aromatic heterocycles. The predicted molar refractivity (Wildman–Crippen MR) is 99.3 cm³/mol. The van der Waals surface area contributed by atoms with Gasteiger partial charge in [0.15, 0.2) is 0 Å². The minimum absolute atomic E-state index is 0.0207. The molecule has 7 heteroatoms. The molecular formula is C18H28N2O4S. The topological polar surface area (TPSA) is 75.7 Å². The van der Waals surface area contributed by atoms with Crippen LogP contribution in [0.1, 0.15) is 39.2 Å². The molecular weight excluding hydrogens is 340 g/mol. The highest BCUT2D eigenvalue weighted by atomic mass is 32.2. The molecule has 6 nitrogen and oxygen atoms in total. The molecule has 0 spiro atoms. The second-order valence-corrected chi connectivity index (χ2v) is 9.41. The lowest BCUT2D eigenvalue weighted by Gasteiger charge is -2.24. The minimum atomic E-state index is -3.56. The lowest BCUT2D eigenvalue weighted by Crippen LogP contribution is -2.42. The monoisotopic (exact) mass is 368 g/mol. The molecule has 1 aliphatic heterocycles. The van der Waals surface area contributed by atoms with E-state index in [1.54, 1.807) is 12.1 Å². The Hall–Kier alpha value is -1.60. The highest BCUT2D eigenvalue weighted by molar-refractivity contribution is 7.92. The first-order chi connectivity index (χ1) is 11.6. The van der Waals surface area contributed by atoms with Crippen molar-refractivity contribution in [3.63, 3.8) is 0 Å². The fourth-order valence-corrected chi connectivity index (χ4v) is 3.60. The van der Waals surface area contributed by atoms with Crippen LogP contribution in [0.5, 0.6) is 0 Å². The molecule has 0 bridgehead atoms. The van der Waals surface area contributed by atoms with E-state index >= 15 is 0 Å². The largest absolute Gasteiger partial charge is 0.376 e. The number of nitrogens with one attached hydrogen (secondary N) is 1. The van der Waals surface area contributed by atoms with Crippen molar-refractivity contribution in [1.82, 2.24) is 5.32 Å². The van der Waals surface area contributed by atoms with Gasteiger partial charge in [-0.2, -0.15) is 0 Å². The van der Waals surface area contributed by atoms with Crippen LogP contribution in [-0.2, 0) is 25.0 Å². The van der Waals surface area contributed by atoms with E-state index in [2.05, 4.69) is 26.1 Å². The fraction of sp³-hybridized carbons (Fsp3) is 0.611. The third kappa shape index (κ3) is 5.71. The Morgan fingerprint density at radius 2 is 1.92 bits per heavy atom. The molecule has 1 fully saturated rings. The molecule has 0 saturated carbocycles. The van der Waals surface area contributed by atoms with Crippen molar-refractivity contribution in [1.29, 1.82) is 0 Å². The van der Waals surface area contributed by atoms with Gasteiger partial charge in [-0.15, -0.1) is 0 Å². The standard InChI is InChI=1S/C18H28N2O4S/c1-18(2,3)14-7-9-15(10-8-14)20(25(4,22)23)13-17(21)19-12-16-6-5-11-24-16/h7-10,16H,5-6,11-13H2,1-4H3,(H,19,21). The molecule has 1 heterocycles. The van der Waals surface area contributed by atoms with E-state index < -0.39 is 10.0 Å². The normalized spacial score (nSPS) is 18.2. The first-order valence-corrected chi connectivity index (χ1v) is 10.4. The third-order valence-corrected chi connectivity index (χ3v) is 5.40. The third-order valence-electron chi connectivity index (χ3n) is 4.26. The van der Waals surface area contributed by atoms with E-state index in [9.17, 15) is 13.2 Å². The maximum absolute atomic E-state index is 12.2. The van der Waals surface area contributed by atoms with E-state index in [4.69, 9.17) is 4.74 Å². The molecule has 140 valence electrons. The van der Waals surface area contributed by atoms with Gasteiger partial charge in [0.1, 0.15) is 6.54 Å². The lowest BCUT2D eigenvalue weighted by atomic mass is 9.87. The molecule has 2 rings (SSSR count). The van der Waals surface area contributed by atoms with Gasteiger partial charge in [-0.3, -0.25) is 9.10 Å². The van der Waals surface area contributed by atoms with Crippen LogP contribution >= 0.6 is 0 Å². The van der Waals surface area contributed by atoms with Crippen molar-refractivity contribution in [3.05, 3.63) is 29.8 Å². The number of carbonyl (C=O) groups is 1. The first-order valence-electron chi connectivity index (χ1n) is 8.54. The Kier molecular flexibility index (Phi) is 6.11. The summed E-state index contributed by atoms with van der Waals surface area (Å²) < 4.78 is 30.8. The zero-order valence-electron chi connectivity index (χ0n) is 15.4. The summed E-state index contributed by atoms with van der Waals surface area (Å²) >= 11 is 0. The number of amides is 1. The number of rotatable bonds is 6. The average Bonchev–Trinajstić information content (AvgIpc) is 3.02. The number of hydrogen-bond donors (Lipinski definition) is 1. The van der Waals surface area contributed by atoms with Gasteiger partial charge in [-0.25, -0.2) is 8.42 Å². The molecule has 0 radical (unpaired) electrons. The minimum Gasteiger partial charge on any atom is -0.376 e. The molecule has 1 aromatic rings. The predicted octanol–water partition coefficient (Wildman–Crippen LogP) is 2.05. The Morgan fingerprint density at radius 3 is 2.40 bits per heavy atom. The summed E-state index contributed by atoms with van der Waals surface area (Å²) in [6.07, 6.45) is 3.06. The zero-order valence-corrected chi connectivity index (χ0v) is 16.2. The number of nitrogens with zero attached hydrogens (tertiary/aromatic N) is 1. The molecule has 25 heavy (non-hydrogen) atoms. The van der Waals surface area contributed by atoms with Crippen LogP contribution in [-0.4, -0.2) is 46.4 Å². The summed E-state index contributed by atoms with van der Waals surface area (Å²) in [6, 6.07) is 7.29. The number of carbonyl (C=O) groups excluding carboxylic acids is 1. The Labute approximate surface area is 150 Å². The van der Waals surface area contributed by atoms with Crippen molar-refractivity contribution in [2.24, 2.45) is 0 Å². The van der Waals surface area contributed by atoms with E-state index in [0.717, 1.165) is 35.6 Å². The van der Waals surface area contributed by atoms with Crippen LogP contribution < -0.4 is 9.62 Å². The molecule has 0 aliphatic carbocycles. The maximum atomic E-state index is 12.2. The van der Waals surface area contributed by atoms with Crippen molar-refractivity contribution in [2.45, 2.75) is 45.1 Å². The van der Waals surface area contributed by atoms with Gasteiger partial charge in [-0.1, -0.05) is 32.9 Å². The van der Waals surface area contributed by atoms with Gasteiger partial charge in [0, 0.05) is 13.2 Å². The molecule has 1 saturated heterocycles. The van der Waals surface area contributed by atoms with Crippen LogP contribution in [0, 0.1) is 0 Å². The van der Waals surface area contributed by atoms with E-state index in [1.807, 2.05) is 12.1 Å². The summed E-state index contributed by atoms with van der Waals surface area (Å²) in [5, 5.41) is 2.76. The van der Waals surface area contributed by atoms with E-state index in [0.29, 0.717) is 12.2 Å². The maximum Gasteiger partial charge on any atom is 0.240 e. The van der Waals surface area contributed by atoms with Crippen LogP contribution in [0.3, 0.4) is 0 Å². The highest BCUT2D eigenvalue weighted by Crippen LogP contribution is 2.25. The SMILES string of the molecule is CC(C)(C)c1ccc(N(CC(=O)NCC2CCCO2)S(C)(=O)=O)cc1. The molecule has 1 unspecified atom stereocenters. The Balaban J connectivity index is 2.07. The van der Waals surface area contributed by atoms with Crippen molar-refractivity contribution in [3.8, 4) is 0 Å². The Morgan fingerprint density at radius 1 is 1.28 bits per heavy atom. The average molecular weight is 368 g/mol. The molecule has 1 N–H and O–H groups in total. The highest BCUT2D eigenvalue weighted by Gasteiger charge is 2.23. The van der Waals surface area contributed by atoms with Crippen LogP contribution in [0.25, 0.3) is 0 Å². The van der Waals surface area contributed by atoms with Crippen molar-refractivity contribution >= 4 is 21.6 Å². The number of sulfonamides is 1. The molecule has 1 aromatic carbocycles. The van der Waals surface area contributed by atoms with Crippen LogP contribution in [0.15, 0.2) is 24.3 Å². The molecule has 1 amide bonds. The summed E-state index contributed by atoms with van der Waals surface area (Å²) in [4.78, 5) is 12.2. The van der Waals surface area contributed by atoms with Gasteiger partial charge in [0.05, 0.1) is 18.0 Å². The van der Waals surface area contributed by atoms with Gasteiger partial charge in [-0.05, 0) is 36.0 Å². The number of ether oxygens (including phenoxy) is 1. The summed E-state index contributed by atoms with van der Waals surface area (Å²) in [6.45, 7) is 7.18. The smallest absolute Gasteiger partial charge is 0.240 e. The summed E-state index contributed by atoms with van der Waals surface area (Å²) in [5.41, 5.74) is 1.57. The summed E-state index contributed by atoms with van der Waals surface area (Å²) in [7, 11) is -3.56. The van der Waals surface area contributed by atoms with Gasteiger partial charge in [0.2, 0.25) is 15.9 Å². The zero-order chi connectivity index (χ0) is 18.7. The van der Waals surface area contributed by atoms with Gasteiger partial charge in [0.25, 0.3) is 0 Å². The lowest BCUT2D eigenvalue weighted by molar-refractivity contribution is -0.120. The molecule has 1 aliphatic rings. The Bertz CT molecular complexity index is 687. The quantitative estimate of drug-likeness (QED) is 0.834. The van der Waals surface area contributed by atoms with Crippen LogP contribution in [0.2, 0.25) is 0 Å². The number of hydrogen-bond acceptors (Lipinski definition) is 4. The molecule has 1 atom stereocenters. The number of anilines is 1. The van der Waals surface area contributed by atoms with E-state index in [1.165, 1.54) is 0 Å². The number of benzene rings is 1. The van der Waals surface area contributed by atoms with Crippen molar-refractivity contribution < 1.29 is 17.9 Å². The van der Waals surface area contributed by atoms with Gasteiger partial charge >= 0.3 is 0 Å². The second-order valence-electron chi connectivity index (χ2n) is 7.51. The van der Waals surface area contributed by atoms with Crippen molar-refractivity contribution in [2.75, 3.05) is 30.3 Å². The van der Waals surface area contributed by atoms with E-state index in [-0.39, 0.29) is 24.0 Å². The fourth-order valence-electron chi connectivity index (χ4n) is 2.75. The van der Waals surface area contributed by atoms with Crippen LogP contribution in [0.4, 0.5) is 5.69 Å². The second kappa shape index (κ2) is 7.74.